The van der Waals surface area contributed by atoms with Crippen molar-refractivity contribution < 1.29 is 19.4 Å². The minimum absolute atomic E-state index is 0.0377. The molecule has 1 atom stereocenters. The lowest BCUT2D eigenvalue weighted by Gasteiger charge is -2.14. The van der Waals surface area contributed by atoms with Crippen LogP contribution < -0.4 is 0 Å². The highest BCUT2D eigenvalue weighted by atomic mass is 16.6. The average molecular weight is 234 g/mol. The maximum absolute atomic E-state index is 11.1. The van der Waals surface area contributed by atoms with Crippen LogP contribution in [0.2, 0.25) is 0 Å². The van der Waals surface area contributed by atoms with Gasteiger partial charge in [0.05, 0.1) is 6.08 Å². The van der Waals surface area contributed by atoms with Gasteiger partial charge in [-0.2, -0.15) is 0 Å². The van der Waals surface area contributed by atoms with Crippen LogP contribution in [0.5, 0.6) is 0 Å². The van der Waals surface area contributed by atoms with Crippen molar-refractivity contribution in [1.82, 2.24) is 0 Å². The molecule has 1 aromatic carbocycles. The molecule has 1 N–H and O–H groups in total. The summed E-state index contributed by atoms with van der Waals surface area (Å²) in [5, 5.41) is 8.84. The van der Waals surface area contributed by atoms with E-state index in [9.17, 15) is 4.79 Å². The van der Waals surface area contributed by atoms with Crippen molar-refractivity contribution in [2.24, 2.45) is 0 Å². The highest BCUT2D eigenvalue weighted by Crippen LogP contribution is 2.20. The van der Waals surface area contributed by atoms with E-state index in [1.54, 1.807) is 0 Å². The van der Waals surface area contributed by atoms with Gasteiger partial charge in [-0.15, -0.1) is 0 Å². The first-order valence-electron chi connectivity index (χ1n) is 5.49. The fraction of sp³-hybridized carbons (Fsp3) is 0.308. The lowest BCUT2D eigenvalue weighted by Crippen LogP contribution is -2.15. The van der Waals surface area contributed by atoms with Crippen LogP contribution in [0.1, 0.15) is 12.0 Å². The van der Waals surface area contributed by atoms with E-state index in [4.69, 9.17) is 14.6 Å². The summed E-state index contributed by atoms with van der Waals surface area (Å²) < 4.78 is 10.5. The fourth-order valence-corrected chi connectivity index (χ4v) is 1.64. The fourth-order valence-electron chi connectivity index (χ4n) is 1.64. The molecule has 0 saturated carbocycles. The van der Waals surface area contributed by atoms with Crippen LogP contribution in [0.15, 0.2) is 42.2 Å². The molecule has 0 bridgehead atoms. The van der Waals surface area contributed by atoms with Crippen LogP contribution in [-0.2, 0) is 20.9 Å². The monoisotopic (exact) mass is 234 g/mol. The Labute approximate surface area is 99.5 Å². The number of cyclic esters (lactones) is 1. The van der Waals surface area contributed by atoms with Gasteiger partial charge in [0, 0.05) is 13.0 Å². The number of aliphatic hydroxyl groups is 1. The van der Waals surface area contributed by atoms with Crippen LogP contribution in [0.4, 0.5) is 0 Å². The number of carbonyl (C=O) groups excluding carboxylic acids is 1. The molecule has 17 heavy (non-hydrogen) atoms. The summed E-state index contributed by atoms with van der Waals surface area (Å²) >= 11 is 0. The van der Waals surface area contributed by atoms with E-state index >= 15 is 0 Å². The number of hydrogen-bond acceptors (Lipinski definition) is 4. The minimum Gasteiger partial charge on any atom is -0.489 e. The van der Waals surface area contributed by atoms with E-state index in [0.717, 1.165) is 5.56 Å². The standard InChI is InChI=1S/C13H14O4/c14-7-6-11-12(8-13(15)17-11)16-9-10-4-2-1-3-5-10/h1-5,8,11,14H,6-7,9H2. The predicted octanol–water partition coefficient (Wildman–Crippen LogP) is 1.39. The molecule has 1 aliphatic rings. The van der Waals surface area contributed by atoms with E-state index < -0.39 is 12.1 Å². The normalized spacial score (nSPS) is 18.8. The molecule has 2 rings (SSSR count). The number of rotatable bonds is 5. The Morgan fingerprint density at radius 2 is 2.06 bits per heavy atom. The lowest BCUT2D eigenvalue weighted by molar-refractivity contribution is -0.140. The van der Waals surface area contributed by atoms with Crippen LogP contribution in [0.25, 0.3) is 0 Å². The van der Waals surface area contributed by atoms with Crippen molar-refractivity contribution >= 4 is 5.97 Å². The summed E-state index contributed by atoms with van der Waals surface area (Å²) in [6.45, 7) is 0.356. The first-order valence-corrected chi connectivity index (χ1v) is 5.49. The summed E-state index contributed by atoms with van der Waals surface area (Å²) in [4.78, 5) is 11.1. The zero-order valence-electron chi connectivity index (χ0n) is 9.33. The molecule has 0 spiro atoms. The molecule has 0 radical (unpaired) electrons. The number of hydrogen-bond donors (Lipinski definition) is 1. The SMILES string of the molecule is O=C1C=C(OCc2ccccc2)C(CCO)O1. The zero-order chi connectivity index (χ0) is 12.1. The number of carbonyl (C=O) groups is 1. The van der Waals surface area contributed by atoms with E-state index in [0.29, 0.717) is 18.8 Å². The summed E-state index contributed by atoms with van der Waals surface area (Å²) in [5.41, 5.74) is 1.02. The molecule has 1 unspecified atom stereocenters. The minimum atomic E-state index is -0.448. The molecule has 0 amide bonds. The largest absolute Gasteiger partial charge is 0.489 e. The van der Waals surface area contributed by atoms with E-state index in [1.165, 1.54) is 6.08 Å². The van der Waals surface area contributed by atoms with Gasteiger partial charge in [0.1, 0.15) is 12.4 Å². The Balaban J connectivity index is 1.94. The second kappa shape index (κ2) is 5.50. The third kappa shape index (κ3) is 3.07. The van der Waals surface area contributed by atoms with Crippen molar-refractivity contribution in [3.8, 4) is 0 Å². The summed E-state index contributed by atoms with van der Waals surface area (Å²) in [6.07, 6.45) is 1.26. The molecule has 1 aromatic rings. The smallest absolute Gasteiger partial charge is 0.335 e. The Hall–Kier alpha value is -1.81. The van der Waals surface area contributed by atoms with Crippen LogP contribution >= 0.6 is 0 Å². The first-order chi connectivity index (χ1) is 8.29. The van der Waals surface area contributed by atoms with Crippen molar-refractivity contribution in [3.63, 3.8) is 0 Å². The third-order valence-corrected chi connectivity index (χ3v) is 2.48. The molecule has 0 saturated heterocycles. The molecular weight excluding hydrogens is 220 g/mol. The highest BCUT2D eigenvalue weighted by Gasteiger charge is 2.27. The number of benzene rings is 1. The summed E-state index contributed by atoms with van der Waals surface area (Å²) in [7, 11) is 0. The van der Waals surface area contributed by atoms with E-state index in [1.807, 2.05) is 30.3 Å². The predicted molar refractivity (Wildman–Crippen MR) is 60.9 cm³/mol. The summed E-state index contributed by atoms with van der Waals surface area (Å²) in [6, 6.07) is 9.67. The molecule has 4 nitrogen and oxygen atoms in total. The molecule has 1 aliphatic heterocycles. The van der Waals surface area contributed by atoms with E-state index in [-0.39, 0.29) is 6.61 Å². The maximum atomic E-state index is 11.1. The molecule has 0 aromatic heterocycles. The number of aliphatic hydroxyl groups excluding tert-OH is 1. The summed E-state index contributed by atoms with van der Waals surface area (Å²) in [5.74, 6) is 0.0828. The van der Waals surface area contributed by atoms with Gasteiger partial charge in [0.15, 0.2) is 6.10 Å². The molecule has 4 heteroatoms. The lowest BCUT2D eigenvalue weighted by atomic mass is 10.2. The van der Waals surface area contributed by atoms with Crippen molar-refractivity contribution in [2.75, 3.05) is 6.61 Å². The Morgan fingerprint density at radius 1 is 1.29 bits per heavy atom. The third-order valence-electron chi connectivity index (χ3n) is 2.48. The van der Waals surface area contributed by atoms with Gasteiger partial charge in [0.2, 0.25) is 0 Å². The van der Waals surface area contributed by atoms with Gasteiger partial charge in [0.25, 0.3) is 0 Å². The van der Waals surface area contributed by atoms with E-state index in [2.05, 4.69) is 0 Å². The second-order valence-corrected chi connectivity index (χ2v) is 3.76. The zero-order valence-corrected chi connectivity index (χ0v) is 9.33. The molecular formula is C13H14O4. The maximum Gasteiger partial charge on any atom is 0.335 e. The molecule has 0 fully saturated rings. The number of esters is 1. The van der Waals surface area contributed by atoms with Crippen LogP contribution in [0.3, 0.4) is 0 Å². The van der Waals surface area contributed by atoms with Gasteiger partial charge >= 0.3 is 5.97 Å². The first kappa shape index (κ1) is 11.7. The quantitative estimate of drug-likeness (QED) is 0.782. The van der Waals surface area contributed by atoms with Crippen molar-refractivity contribution in [3.05, 3.63) is 47.7 Å². The van der Waals surface area contributed by atoms with Crippen molar-refractivity contribution in [2.45, 2.75) is 19.1 Å². The van der Waals surface area contributed by atoms with Crippen molar-refractivity contribution in [1.29, 1.82) is 0 Å². The van der Waals surface area contributed by atoms with Gasteiger partial charge in [-0.3, -0.25) is 0 Å². The highest BCUT2D eigenvalue weighted by molar-refractivity contribution is 5.85. The van der Waals surface area contributed by atoms with Crippen LogP contribution in [-0.4, -0.2) is 23.8 Å². The topological polar surface area (TPSA) is 55.8 Å². The van der Waals surface area contributed by atoms with Gasteiger partial charge < -0.3 is 14.6 Å². The van der Waals surface area contributed by atoms with Gasteiger partial charge in [-0.25, -0.2) is 4.79 Å². The average Bonchev–Trinajstić information content (AvgIpc) is 2.69. The number of ether oxygens (including phenoxy) is 2. The second-order valence-electron chi connectivity index (χ2n) is 3.76. The molecule has 90 valence electrons. The van der Waals surface area contributed by atoms with Gasteiger partial charge in [-0.05, 0) is 5.56 Å². The van der Waals surface area contributed by atoms with Gasteiger partial charge in [-0.1, -0.05) is 30.3 Å². The van der Waals surface area contributed by atoms with Crippen LogP contribution in [0, 0.1) is 0 Å². The molecule has 1 heterocycles. The Kier molecular flexibility index (Phi) is 3.77. The molecule has 0 aliphatic carbocycles. The Morgan fingerprint density at radius 3 is 2.76 bits per heavy atom. The Bertz CT molecular complexity index is 411.